The normalized spacial score (nSPS) is 12.7. The predicted molar refractivity (Wildman–Crippen MR) is 110 cm³/mol. The molecule has 0 bridgehead atoms. The minimum atomic E-state index is -0.952. The Hall–Kier alpha value is -3.33. The molecule has 7 nitrogen and oxygen atoms in total. The number of aryl methyl sites for hydroxylation is 1. The van der Waals surface area contributed by atoms with Crippen molar-refractivity contribution in [2.24, 2.45) is 11.5 Å². The molecule has 0 saturated carbocycles. The van der Waals surface area contributed by atoms with Crippen LogP contribution < -0.4 is 22.1 Å². The second-order valence-corrected chi connectivity index (χ2v) is 6.95. The first-order chi connectivity index (χ1) is 14.2. The van der Waals surface area contributed by atoms with Crippen LogP contribution in [0.25, 0.3) is 0 Å². The van der Waals surface area contributed by atoms with Gasteiger partial charge in [-0.05, 0) is 43.0 Å². The summed E-state index contributed by atoms with van der Waals surface area (Å²) in [5.41, 5.74) is 13.2. The molecule has 0 radical (unpaired) electrons. The molecule has 0 aromatic heterocycles. The molecule has 0 saturated heterocycles. The van der Waals surface area contributed by atoms with Gasteiger partial charge >= 0.3 is 0 Å². The van der Waals surface area contributed by atoms with Crippen LogP contribution in [0.4, 0.5) is 8.78 Å². The van der Waals surface area contributed by atoms with Gasteiger partial charge in [-0.1, -0.05) is 30.3 Å². The van der Waals surface area contributed by atoms with Crippen LogP contribution in [-0.2, 0) is 22.6 Å². The Labute approximate surface area is 173 Å². The summed E-state index contributed by atoms with van der Waals surface area (Å²) in [4.78, 5) is 24.4. The van der Waals surface area contributed by atoms with Crippen molar-refractivity contribution >= 4 is 17.6 Å². The van der Waals surface area contributed by atoms with E-state index in [1.54, 1.807) is 24.3 Å². The van der Waals surface area contributed by atoms with E-state index in [4.69, 9.17) is 16.9 Å². The Morgan fingerprint density at radius 2 is 1.67 bits per heavy atom. The molecule has 2 aromatic carbocycles. The highest BCUT2D eigenvalue weighted by atomic mass is 19.2. The molecule has 0 fully saturated rings. The van der Waals surface area contributed by atoms with Crippen molar-refractivity contribution in [3.8, 4) is 0 Å². The average Bonchev–Trinajstić information content (AvgIpc) is 2.72. The molecule has 0 aliphatic heterocycles. The van der Waals surface area contributed by atoms with Crippen LogP contribution >= 0.6 is 0 Å². The fraction of sp³-hybridized carbons (Fsp3) is 0.286. The number of hydrogen-bond acceptors (Lipinski definition) is 4. The fourth-order valence-corrected chi connectivity index (χ4v) is 2.68. The first-order valence-corrected chi connectivity index (χ1v) is 9.38. The van der Waals surface area contributed by atoms with Crippen molar-refractivity contribution in [3.05, 3.63) is 70.8 Å². The molecule has 30 heavy (non-hydrogen) atoms. The molecule has 2 amide bonds. The van der Waals surface area contributed by atoms with Crippen molar-refractivity contribution in [2.45, 2.75) is 38.4 Å². The predicted octanol–water partition coefficient (Wildman–Crippen LogP) is 1.33. The highest BCUT2D eigenvalue weighted by molar-refractivity contribution is 5.94. The Kier molecular flexibility index (Phi) is 7.99. The summed E-state index contributed by atoms with van der Waals surface area (Å²) in [6.45, 7) is 1.79. The maximum Gasteiger partial charge on any atom is 0.242 e. The monoisotopic (exact) mass is 417 g/mol. The molecule has 2 atom stereocenters. The van der Waals surface area contributed by atoms with Gasteiger partial charge in [-0.3, -0.25) is 15.0 Å². The third-order valence-corrected chi connectivity index (χ3v) is 4.55. The number of halogens is 2. The Morgan fingerprint density at radius 1 is 1.03 bits per heavy atom. The van der Waals surface area contributed by atoms with E-state index in [-0.39, 0.29) is 24.7 Å². The summed E-state index contributed by atoms with van der Waals surface area (Å²) >= 11 is 0. The summed E-state index contributed by atoms with van der Waals surface area (Å²) in [6, 6.07) is 8.68. The lowest BCUT2D eigenvalue weighted by Gasteiger charge is -2.17. The third kappa shape index (κ3) is 6.63. The minimum absolute atomic E-state index is 0.0391. The van der Waals surface area contributed by atoms with E-state index in [0.29, 0.717) is 17.5 Å². The molecule has 2 rings (SSSR count). The number of nitrogens with one attached hydrogen (secondary N) is 3. The first-order valence-electron chi connectivity index (χ1n) is 9.38. The third-order valence-electron chi connectivity index (χ3n) is 4.55. The van der Waals surface area contributed by atoms with Crippen molar-refractivity contribution in [2.75, 3.05) is 0 Å². The Bertz CT molecular complexity index is 918. The molecule has 0 aliphatic rings. The van der Waals surface area contributed by atoms with Crippen LogP contribution in [0.5, 0.6) is 0 Å². The van der Waals surface area contributed by atoms with Gasteiger partial charge in [0.15, 0.2) is 11.6 Å². The fourth-order valence-electron chi connectivity index (χ4n) is 2.68. The standard InChI is InChI=1S/C21H25F2N5O2/c1-12(20(29)27-11-14-2-6-15(7-3-14)19(25)26)28-21(30)18(24)9-5-13-4-8-16(22)17(23)10-13/h2-4,6-8,10,12,18H,5,9,11,24H2,1H3,(H3,25,26)(H,27,29)(H,28,30)/t12-,18+/m0/s1. The number of hydrogen-bond donors (Lipinski definition) is 5. The van der Waals surface area contributed by atoms with Crippen LogP contribution in [0.1, 0.15) is 30.0 Å². The largest absolute Gasteiger partial charge is 0.384 e. The number of nitrogen functional groups attached to an aromatic ring is 1. The molecule has 0 unspecified atom stereocenters. The molecule has 0 heterocycles. The second-order valence-electron chi connectivity index (χ2n) is 6.95. The van der Waals surface area contributed by atoms with Crippen molar-refractivity contribution in [1.82, 2.24) is 10.6 Å². The van der Waals surface area contributed by atoms with Crippen LogP contribution in [0.15, 0.2) is 42.5 Å². The topological polar surface area (TPSA) is 134 Å². The van der Waals surface area contributed by atoms with E-state index in [0.717, 1.165) is 17.7 Å². The summed E-state index contributed by atoms with van der Waals surface area (Å²) in [6.07, 6.45) is 0.510. The lowest BCUT2D eigenvalue weighted by molar-refractivity contribution is -0.129. The second kappa shape index (κ2) is 10.4. The Morgan fingerprint density at radius 3 is 2.27 bits per heavy atom. The van der Waals surface area contributed by atoms with Crippen LogP contribution in [0.2, 0.25) is 0 Å². The molecule has 0 spiro atoms. The van der Waals surface area contributed by atoms with E-state index in [9.17, 15) is 18.4 Å². The molecular weight excluding hydrogens is 392 g/mol. The maximum absolute atomic E-state index is 13.2. The van der Waals surface area contributed by atoms with Gasteiger partial charge in [-0.15, -0.1) is 0 Å². The average molecular weight is 417 g/mol. The van der Waals surface area contributed by atoms with Gasteiger partial charge in [0.2, 0.25) is 11.8 Å². The molecule has 160 valence electrons. The van der Waals surface area contributed by atoms with Crippen molar-refractivity contribution in [1.29, 1.82) is 5.41 Å². The van der Waals surface area contributed by atoms with E-state index < -0.39 is 29.6 Å². The van der Waals surface area contributed by atoms with E-state index in [1.165, 1.54) is 13.0 Å². The Balaban J connectivity index is 1.78. The van der Waals surface area contributed by atoms with Gasteiger partial charge in [0.1, 0.15) is 11.9 Å². The minimum Gasteiger partial charge on any atom is -0.384 e. The number of carbonyl (C=O) groups is 2. The molecule has 0 aliphatic carbocycles. The lowest BCUT2D eigenvalue weighted by atomic mass is 10.0. The molecule has 9 heteroatoms. The quantitative estimate of drug-likeness (QED) is 0.311. The van der Waals surface area contributed by atoms with Gasteiger partial charge in [0.05, 0.1) is 6.04 Å². The summed E-state index contributed by atoms with van der Waals surface area (Å²) in [7, 11) is 0. The van der Waals surface area contributed by atoms with Gasteiger partial charge in [0.25, 0.3) is 0 Å². The number of amides is 2. The number of nitrogens with two attached hydrogens (primary N) is 2. The SMILES string of the molecule is C[C@H](NC(=O)[C@H](N)CCc1ccc(F)c(F)c1)C(=O)NCc1ccc(C(=N)N)cc1. The van der Waals surface area contributed by atoms with Gasteiger partial charge < -0.3 is 22.1 Å². The number of amidine groups is 1. The van der Waals surface area contributed by atoms with Gasteiger partial charge in [-0.2, -0.15) is 0 Å². The zero-order chi connectivity index (χ0) is 22.3. The molecular formula is C21H25F2N5O2. The summed E-state index contributed by atoms with van der Waals surface area (Å²) in [5, 5.41) is 12.6. The van der Waals surface area contributed by atoms with E-state index in [1.807, 2.05) is 0 Å². The smallest absolute Gasteiger partial charge is 0.242 e. The highest BCUT2D eigenvalue weighted by Crippen LogP contribution is 2.11. The van der Waals surface area contributed by atoms with Gasteiger partial charge in [0, 0.05) is 12.1 Å². The number of carbonyl (C=O) groups excluding carboxylic acids is 2. The zero-order valence-corrected chi connectivity index (χ0v) is 16.5. The summed E-state index contributed by atoms with van der Waals surface area (Å²) in [5.74, 6) is -2.82. The maximum atomic E-state index is 13.2. The molecule has 7 N–H and O–H groups in total. The van der Waals surface area contributed by atoms with Crippen LogP contribution in [0.3, 0.4) is 0 Å². The van der Waals surface area contributed by atoms with Crippen LogP contribution in [-0.4, -0.2) is 29.7 Å². The van der Waals surface area contributed by atoms with E-state index in [2.05, 4.69) is 10.6 Å². The lowest BCUT2D eigenvalue weighted by Crippen LogP contribution is -2.50. The van der Waals surface area contributed by atoms with E-state index >= 15 is 0 Å². The van der Waals surface area contributed by atoms with Gasteiger partial charge in [-0.25, -0.2) is 8.78 Å². The first kappa shape index (κ1) is 23.0. The number of rotatable bonds is 9. The van der Waals surface area contributed by atoms with Crippen molar-refractivity contribution < 1.29 is 18.4 Å². The number of benzene rings is 2. The summed E-state index contributed by atoms with van der Waals surface area (Å²) < 4.78 is 26.2. The van der Waals surface area contributed by atoms with Crippen LogP contribution in [0, 0.1) is 17.0 Å². The highest BCUT2D eigenvalue weighted by Gasteiger charge is 2.20. The van der Waals surface area contributed by atoms with Crippen molar-refractivity contribution in [3.63, 3.8) is 0 Å². The molecule has 2 aromatic rings. The zero-order valence-electron chi connectivity index (χ0n) is 16.5.